The van der Waals surface area contributed by atoms with Crippen molar-refractivity contribution in [3.05, 3.63) is 0 Å². The summed E-state index contributed by atoms with van der Waals surface area (Å²) in [5, 5.41) is 14.6. The quantitative estimate of drug-likeness (QED) is 0.640. The van der Waals surface area contributed by atoms with Crippen molar-refractivity contribution in [2.45, 2.75) is 51.1 Å². The third kappa shape index (κ3) is 3.81. The van der Waals surface area contributed by atoms with E-state index in [9.17, 15) is 9.59 Å². The van der Waals surface area contributed by atoms with Crippen LogP contribution >= 0.6 is 0 Å². The van der Waals surface area contributed by atoms with Crippen molar-refractivity contribution in [3.63, 3.8) is 0 Å². The fourth-order valence-corrected chi connectivity index (χ4v) is 1.89. The Hall–Kier alpha value is -1.10. The Kier molecular flexibility index (Phi) is 5.25. The van der Waals surface area contributed by atoms with E-state index in [1.54, 1.807) is 0 Å². The lowest BCUT2D eigenvalue weighted by atomic mass is 10.0. The molecule has 0 bridgehead atoms. The summed E-state index contributed by atoms with van der Waals surface area (Å²) >= 11 is 0. The molecule has 1 saturated heterocycles. The molecule has 1 rings (SSSR count). The molecule has 0 radical (unpaired) electrons. The molecule has 0 unspecified atom stereocenters. The number of rotatable bonds is 5. The molecular weight excluding hydrogens is 208 g/mol. The molecule has 1 aliphatic rings. The molecule has 0 saturated carbocycles. The minimum atomic E-state index is -0.953. The van der Waals surface area contributed by atoms with Crippen LogP contribution in [0.1, 0.15) is 39.0 Å². The third-order valence-electron chi connectivity index (χ3n) is 2.82. The molecule has 3 N–H and O–H groups in total. The Balaban J connectivity index is 2.43. The first kappa shape index (κ1) is 13.0. The highest BCUT2D eigenvalue weighted by Gasteiger charge is 2.25. The number of carbonyl (C=O) groups is 2. The molecule has 1 heterocycles. The number of piperidine rings is 1. The van der Waals surface area contributed by atoms with E-state index in [0.29, 0.717) is 6.42 Å². The zero-order valence-corrected chi connectivity index (χ0v) is 9.66. The standard InChI is InChI=1S/C11H20N2O3/c1-2-5-9(11(15)16)13-10(14)8-6-3-4-7-12-8/h8-9,12H,2-7H2,1H3,(H,13,14)(H,15,16)/t8-,9-/m1/s1. The Morgan fingerprint density at radius 1 is 1.50 bits per heavy atom. The second-order valence-corrected chi connectivity index (χ2v) is 4.19. The van der Waals surface area contributed by atoms with Gasteiger partial charge in [0.2, 0.25) is 5.91 Å². The molecule has 0 aromatic heterocycles. The first-order valence-electron chi connectivity index (χ1n) is 5.91. The molecule has 1 fully saturated rings. The molecule has 2 atom stereocenters. The van der Waals surface area contributed by atoms with E-state index in [1.807, 2.05) is 6.92 Å². The van der Waals surface area contributed by atoms with E-state index in [1.165, 1.54) is 0 Å². The van der Waals surface area contributed by atoms with Crippen LogP contribution in [0.3, 0.4) is 0 Å². The lowest BCUT2D eigenvalue weighted by molar-refractivity contribution is -0.142. The summed E-state index contributed by atoms with van der Waals surface area (Å²) in [5.41, 5.74) is 0. The lowest BCUT2D eigenvalue weighted by Crippen LogP contribution is -2.51. The van der Waals surface area contributed by atoms with E-state index in [4.69, 9.17) is 5.11 Å². The topological polar surface area (TPSA) is 78.4 Å². The Bertz CT molecular complexity index is 250. The van der Waals surface area contributed by atoms with E-state index in [0.717, 1.165) is 32.2 Å². The fraction of sp³-hybridized carbons (Fsp3) is 0.818. The van der Waals surface area contributed by atoms with Gasteiger partial charge < -0.3 is 15.7 Å². The van der Waals surface area contributed by atoms with Crippen molar-refractivity contribution in [1.29, 1.82) is 0 Å². The number of carbonyl (C=O) groups excluding carboxylic acids is 1. The van der Waals surface area contributed by atoms with E-state index < -0.39 is 12.0 Å². The zero-order valence-electron chi connectivity index (χ0n) is 9.66. The Morgan fingerprint density at radius 2 is 2.25 bits per heavy atom. The third-order valence-corrected chi connectivity index (χ3v) is 2.82. The SMILES string of the molecule is CCC[C@@H](NC(=O)[C@H]1CCCCN1)C(=O)O. The molecule has 0 spiro atoms. The summed E-state index contributed by atoms with van der Waals surface area (Å²) in [5.74, 6) is -1.13. The smallest absolute Gasteiger partial charge is 0.326 e. The molecular formula is C11H20N2O3. The first-order chi connectivity index (χ1) is 7.65. The maximum atomic E-state index is 11.8. The van der Waals surface area contributed by atoms with Gasteiger partial charge >= 0.3 is 5.97 Å². The number of hydrogen-bond acceptors (Lipinski definition) is 3. The van der Waals surface area contributed by atoms with Crippen LogP contribution in [-0.4, -0.2) is 35.6 Å². The Labute approximate surface area is 95.6 Å². The molecule has 0 aliphatic carbocycles. The predicted molar refractivity (Wildman–Crippen MR) is 60.1 cm³/mol. The van der Waals surface area contributed by atoms with Gasteiger partial charge in [0.15, 0.2) is 0 Å². The monoisotopic (exact) mass is 228 g/mol. The predicted octanol–water partition coefficient (Wildman–Crippen LogP) is 0.498. The van der Waals surface area contributed by atoms with Gasteiger partial charge in [-0.15, -0.1) is 0 Å². The van der Waals surface area contributed by atoms with Crippen molar-refractivity contribution in [1.82, 2.24) is 10.6 Å². The molecule has 16 heavy (non-hydrogen) atoms. The minimum absolute atomic E-state index is 0.180. The highest BCUT2D eigenvalue weighted by atomic mass is 16.4. The average molecular weight is 228 g/mol. The zero-order chi connectivity index (χ0) is 12.0. The van der Waals surface area contributed by atoms with E-state index in [-0.39, 0.29) is 11.9 Å². The number of carboxylic acid groups (broad SMARTS) is 1. The van der Waals surface area contributed by atoms with Crippen molar-refractivity contribution in [3.8, 4) is 0 Å². The molecule has 5 nitrogen and oxygen atoms in total. The summed E-state index contributed by atoms with van der Waals surface area (Å²) in [4.78, 5) is 22.6. The summed E-state index contributed by atoms with van der Waals surface area (Å²) < 4.78 is 0. The van der Waals surface area contributed by atoms with E-state index >= 15 is 0 Å². The first-order valence-corrected chi connectivity index (χ1v) is 5.91. The minimum Gasteiger partial charge on any atom is -0.480 e. The van der Waals surface area contributed by atoms with Crippen LogP contribution in [0.4, 0.5) is 0 Å². The molecule has 0 aromatic rings. The van der Waals surface area contributed by atoms with Crippen molar-refractivity contribution >= 4 is 11.9 Å². The van der Waals surface area contributed by atoms with Crippen LogP contribution in [-0.2, 0) is 9.59 Å². The number of carboxylic acids is 1. The lowest BCUT2D eigenvalue weighted by Gasteiger charge is -2.24. The summed E-state index contributed by atoms with van der Waals surface area (Å²) in [6.45, 7) is 2.74. The molecule has 1 aliphatic heterocycles. The van der Waals surface area contributed by atoms with Gasteiger partial charge in [0.05, 0.1) is 6.04 Å². The Morgan fingerprint density at radius 3 is 2.75 bits per heavy atom. The molecule has 1 amide bonds. The fourth-order valence-electron chi connectivity index (χ4n) is 1.89. The average Bonchev–Trinajstić information content (AvgIpc) is 2.29. The number of aliphatic carboxylic acids is 1. The van der Waals surface area contributed by atoms with Gasteiger partial charge in [0.1, 0.15) is 6.04 Å². The molecule has 0 aromatic carbocycles. The largest absolute Gasteiger partial charge is 0.480 e. The molecule has 5 heteroatoms. The van der Waals surface area contributed by atoms with Crippen LogP contribution in [0.2, 0.25) is 0 Å². The van der Waals surface area contributed by atoms with Crippen LogP contribution in [0.5, 0.6) is 0 Å². The van der Waals surface area contributed by atoms with Crippen LogP contribution in [0, 0.1) is 0 Å². The number of nitrogens with one attached hydrogen (secondary N) is 2. The highest BCUT2D eigenvalue weighted by molar-refractivity contribution is 5.86. The maximum Gasteiger partial charge on any atom is 0.326 e. The van der Waals surface area contributed by atoms with Gasteiger partial charge in [-0.05, 0) is 25.8 Å². The van der Waals surface area contributed by atoms with Crippen LogP contribution in [0.15, 0.2) is 0 Å². The van der Waals surface area contributed by atoms with Gasteiger partial charge in [0.25, 0.3) is 0 Å². The van der Waals surface area contributed by atoms with Gasteiger partial charge in [-0.25, -0.2) is 4.79 Å². The van der Waals surface area contributed by atoms with Crippen molar-refractivity contribution < 1.29 is 14.7 Å². The maximum absolute atomic E-state index is 11.8. The van der Waals surface area contributed by atoms with Crippen LogP contribution in [0.25, 0.3) is 0 Å². The number of hydrogen-bond donors (Lipinski definition) is 3. The summed E-state index contributed by atoms with van der Waals surface area (Å²) in [6, 6.07) is -0.964. The number of amides is 1. The second kappa shape index (κ2) is 6.48. The van der Waals surface area contributed by atoms with Gasteiger partial charge in [-0.2, -0.15) is 0 Å². The van der Waals surface area contributed by atoms with Crippen LogP contribution < -0.4 is 10.6 Å². The van der Waals surface area contributed by atoms with Gasteiger partial charge in [0, 0.05) is 0 Å². The summed E-state index contributed by atoms with van der Waals surface area (Å²) in [6.07, 6.45) is 4.13. The van der Waals surface area contributed by atoms with Gasteiger partial charge in [-0.3, -0.25) is 4.79 Å². The molecule has 92 valence electrons. The summed E-state index contributed by atoms with van der Waals surface area (Å²) in [7, 11) is 0. The highest BCUT2D eigenvalue weighted by Crippen LogP contribution is 2.07. The van der Waals surface area contributed by atoms with Crippen molar-refractivity contribution in [2.24, 2.45) is 0 Å². The van der Waals surface area contributed by atoms with Crippen molar-refractivity contribution in [2.75, 3.05) is 6.54 Å². The second-order valence-electron chi connectivity index (χ2n) is 4.19. The van der Waals surface area contributed by atoms with Gasteiger partial charge in [-0.1, -0.05) is 19.8 Å². The van der Waals surface area contributed by atoms with E-state index in [2.05, 4.69) is 10.6 Å². The normalized spacial score (nSPS) is 22.4.